The van der Waals surface area contributed by atoms with Gasteiger partial charge in [0.15, 0.2) is 0 Å². The lowest BCUT2D eigenvalue weighted by Gasteiger charge is -2.05. The second-order valence-corrected chi connectivity index (χ2v) is 4.41. The second kappa shape index (κ2) is 3.89. The molecule has 17 heavy (non-hydrogen) atoms. The van der Waals surface area contributed by atoms with Gasteiger partial charge in [0.05, 0.1) is 11.1 Å². The van der Waals surface area contributed by atoms with Gasteiger partial charge < -0.3 is 14.6 Å². The topological polar surface area (TPSA) is 79.0 Å². The molecule has 0 atom stereocenters. The monoisotopic (exact) mass is 297 g/mol. The number of hydrogen-bond donors (Lipinski definition) is 2. The van der Waals surface area contributed by atoms with E-state index >= 15 is 0 Å². The van der Waals surface area contributed by atoms with Crippen LogP contribution in [0.5, 0.6) is 0 Å². The van der Waals surface area contributed by atoms with Gasteiger partial charge in [-0.1, -0.05) is 0 Å². The summed E-state index contributed by atoms with van der Waals surface area (Å²) in [5.41, 5.74) is 0.742. The van der Waals surface area contributed by atoms with Crippen LogP contribution in [0.25, 0.3) is 5.52 Å². The molecule has 0 amide bonds. The number of hydrogen-bond acceptors (Lipinski definition) is 2. The van der Waals surface area contributed by atoms with Gasteiger partial charge in [-0.2, -0.15) is 0 Å². The van der Waals surface area contributed by atoms with Crippen LogP contribution in [0.4, 0.5) is 0 Å². The van der Waals surface area contributed by atoms with Gasteiger partial charge in [0.2, 0.25) is 0 Å². The lowest BCUT2D eigenvalue weighted by Crippen LogP contribution is -2.10. The van der Waals surface area contributed by atoms with Crippen molar-refractivity contribution in [3.05, 3.63) is 39.6 Å². The van der Waals surface area contributed by atoms with Gasteiger partial charge in [-0.25, -0.2) is 9.59 Å². The lowest BCUT2D eigenvalue weighted by molar-refractivity contribution is 0.0647. The van der Waals surface area contributed by atoms with Gasteiger partial charge >= 0.3 is 11.9 Å². The van der Waals surface area contributed by atoms with Gasteiger partial charge in [0.25, 0.3) is 0 Å². The third-order valence-electron chi connectivity index (χ3n) is 2.50. The molecule has 2 heterocycles. The number of rotatable bonds is 2. The number of fused-ring (bicyclic) bond motifs is 1. The van der Waals surface area contributed by atoms with Crippen molar-refractivity contribution in [1.29, 1.82) is 0 Å². The molecule has 0 aliphatic carbocycles. The zero-order valence-electron chi connectivity index (χ0n) is 8.77. The molecular formula is C11H8BrNO4. The highest BCUT2D eigenvalue weighted by Crippen LogP contribution is 2.26. The minimum absolute atomic E-state index is 0.215. The van der Waals surface area contributed by atoms with Crippen molar-refractivity contribution in [3.8, 4) is 0 Å². The first-order valence-corrected chi connectivity index (χ1v) is 5.50. The molecule has 0 bridgehead atoms. The Hall–Kier alpha value is -1.82. The molecule has 0 spiro atoms. The summed E-state index contributed by atoms with van der Waals surface area (Å²) in [5, 5.41) is 18.1. The molecule has 6 heteroatoms. The maximum absolute atomic E-state index is 11.2. The number of carboxylic acids is 2. The zero-order chi connectivity index (χ0) is 12.7. The van der Waals surface area contributed by atoms with Gasteiger partial charge in [-0.05, 0) is 41.1 Å². The second-order valence-electron chi connectivity index (χ2n) is 3.56. The van der Waals surface area contributed by atoms with E-state index in [-0.39, 0.29) is 11.3 Å². The summed E-state index contributed by atoms with van der Waals surface area (Å²) in [6, 6.07) is 4.82. The molecule has 0 saturated carbocycles. The number of carboxylic acid groups (broad SMARTS) is 2. The van der Waals surface area contributed by atoms with Crippen molar-refractivity contribution in [3.63, 3.8) is 0 Å². The van der Waals surface area contributed by atoms with E-state index < -0.39 is 11.9 Å². The fourth-order valence-electron chi connectivity index (χ4n) is 1.78. The highest BCUT2D eigenvalue weighted by molar-refractivity contribution is 9.10. The molecule has 0 fully saturated rings. The lowest BCUT2D eigenvalue weighted by atomic mass is 10.2. The third-order valence-corrected chi connectivity index (χ3v) is 3.17. The van der Waals surface area contributed by atoms with Crippen LogP contribution in [0.3, 0.4) is 0 Å². The summed E-state index contributed by atoms with van der Waals surface area (Å²) >= 11 is 3.27. The van der Waals surface area contributed by atoms with E-state index in [2.05, 4.69) is 15.9 Å². The van der Waals surface area contributed by atoms with Crippen LogP contribution >= 0.6 is 15.9 Å². The largest absolute Gasteiger partial charge is 0.478 e. The van der Waals surface area contributed by atoms with E-state index in [9.17, 15) is 9.59 Å². The van der Waals surface area contributed by atoms with Crippen LogP contribution in [0, 0.1) is 6.92 Å². The van der Waals surface area contributed by atoms with E-state index in [0.29, 0.717) is 15.7 Å². The molecule has 0 saturated heterocycles. The van der Waals surface area contributed by atoms with Gasteiger partial charge in [0, 0.05) is 10.2 Å². The summed E-state index contributed by atoms with van der Waals surface area (Å²) in [6.45, 7) is 1.72. The highest BCUT2D eigenvalue weighted by Gasteiger charge is 2.23. The van der Waals surface area contributed by atoms with Crippen LogP contribution < -0.4 is 0 Å². The average molecular weight is 298 g/mol. The molecule has 5 nitrogen and oxygen atoms in total. The maximum atomic E-state index is 11.2. The van der Waals surface area contributed by atoms with Crippen LogP contribution in [0.2, 0.25) is 0 Å². The number of aryl methyl sites for hydroxylation is 1. The van der Waals surface area contributed by atoms with Crippen LogP contribution in [0.1, 0.15) is 26.5 Å². The van der Waals surface area contributed by atoms with E-state index in [1.54, 1.807) is 19.1 Å². The number of aromatic nitrogens is 1. The van der Waals surface area contributed by atoms with Gasteiger partial charge in [0.1, 0.15) is 5.69 Å². The van der Waals surface area contributed by atoms with Crippen LogP contribution in [-0.4, -0.2) is 26.6 Å². The normalized spacial score (nSPS) is 10.7. The summed E-state index contributed by atoms with van der Waals surface area (Å²) in [4.78, 5) is 22.2. The molecule has 0 radical (unpaired) electrons. The minimum Gasteiger partial charge on any atom is -0.478 e. The smallest absolute Gasteiger partial charge is 0.353 e. The molecule has 2 N–H and O–H groups in total. The van der Waals surface area contributed by atoms with Gasteiger partial charge in [-0.15, -0.1) is 0 Å². The number of aromatic carboxylic acids is 2. The Bertz CT molecular complexity index is 644. The molecule has 0 unspecified atom stereocenters. The molecule has 0 aliphatic heterocycles. The highest BCUT2D eigenvalue weighted by atomic mass is 79.9. The molecule has 2 aromatic rings. The first-order valence-electron chi connectivity index (χ1n) is 4.70. The fourth-order valence-corrected chi connectivity index (χ4v) is 2.20. The molecule has 0 aliphatic rings. The van der Waals surface area contributed by atoms with Crippen LogP contribution in [-0.2, 0) is 0 Å². The Morgan fingerprint density at radius 3 is 2.41 bits per heavy atom. The molecule has 88 valence electrons. The minimum atomic E-state index is -1.26. The summed E-state index contributed by atoms with van der Waals surface area (Å²) < 4.78 is 2.06. The third kappa shape index (κ3) is 1.70. The SMILES string of the molecule is Cc1ccc(Br)c2cc(C(=O)O)c(C(=O)O)n12. The first kappa shape index (κ1) is 11.7. The van der Waals surface area contributed by atoms with E-state index in [1.807, 2.05) is 0 Å². The Balaban J connectivity index is 3.00. The fraction of sp³-hybridized carbons (Fsp3) is 0.0909. The van der Waals surface area contributed by atoms with Crippen molar-refractivity contribution in [2.75, 3.05) is 0 Å². The predicted molar refractivity (Wildman–Crippen MR) is 63.8 cm³/mol. The molecule has 0 aromatic carbocycles. The van der Waals surface area contributed by atoms with Crippen molar-refractivity contribution in [2.45, 2.75) is 6.92 Å². The first-order chi connectivity index (χ1) is 7.93. The van der Waals surface area contributed by atoms with Crippen LogP contribution in [0.15, 0.2) is 22.7 Å². The maximum Gasteiger partial charge on any atom is 0.353 e. The number of carbonyl (C=O) groups is 2. The Morgan fingerprint density at radius 1 is 1.24 bits per heavy atom. The predicted octanol–water partition coefficient (Wildman–Crippen LogP) is 2.41. The average Bonchev–Trinajstić information content (AvgIpc) is 2.64. The van der Waals surface area contributed by atoms with E-state index in [0.717, 1.165) is 0 Å². The quantitative estimate of drug-likeness (QED) is 0.892. The zero-order valence-corrected chi connectivity index (χ0v) is 10.4. The van der Waals surface area contributed by atoms with Crippen molar-refractivity contribution in [2.24, 2.45) is 0 Å². The van der Waals surface area contributed by atoms with E-state index in [4.69, 9.17) is 10.2 Å². The van der Waals surface area contributed by atoms with E-state index in [1.165, 1.54) is 10.5 Å². The summed E-state index contributed by atoms with van der Waals surface area (Å²) in [7, 11) is 0. The Kier molecular flexibility index (Phi) is 2.66. The van der Waals surface area contributed by atoms with Gasteiger partial charge in [-0.3, -0.25) is 0 Å². The number of nitrogens with zero attached hydrogens (tertiary/aromatic N) is 1. The summed E-state index contributed by atoms with van der Waals surface area (Å²) in [5.74, 6) is -2.51. The number of pyridine rings is 1. The Morgan fingerprint density at radius 2 is 1.88 bits per heavy atom. The molecule has 2 aromatic heterocycles. The van der Waals surface area contributed by atoms with Crippen molar-refractivity contribution in [1.82, 2.24) is 4.40 Å². The molecule has 2 rings (SSSR count). The van der Waals surface area contributed by atoms with Crippen molar-refractivity contribution < 1.29 is 19.8 Å². The summed E-state index contributed by atoms with van der Waals surface area (Å²) in [6.07, 6.45) is 0. The molecular weight excluding hydrogens is 290 g/mol. The Labute approximate surface area is 104 Å². The number of halogens is 1. The standard InChI is InChI=1S/C11H8BrNO4/c1-5-2-3-7(12)8-4-6(10(14)15)9(11(16)17)13(5)8/h2-4H,1H3,(H,14,15)(H,16,17). The van der Waals surface area contributed by atoms with Crippen molar-refractivity contribution >= 4 is 33.4 Å².